The zero-order valence-corrected chi connectivity index (χ0v) is 31.9. The molecule has 1 aliphatic carbocycles. The van der Waals surface area contributed by atoms with Gasteiger partial charge >= 0.3 is 0 Å². The summed E-state index contributed by atoms with van der Waals surface area (Å²) in [6.07, 6.45) is 0. The Morgan fingerprint density at radius 1 is 0.404 bits per heavy atom. The van der Waals surface area contributed by atoms with Gasteiger partial charge in [-0.3, -0.25) is 0 Å². The standard InChI is InChI=1S/C55H39NO/c1-55(2)48-26-15-24-45(53(48)47-34-38-18-6-7-19-39(38)35-49(47)55)43-21-9-12-28-51(43)56(50-27-11-8-20-41(50)36-16-4-3-5-17-36)40-32-30-37(31-33-40)42-23-14-25-46-44-22-10-13-29-52(44)57-54(42)46/h3-35H,1-2H3. The fourth-order valence-corrected chi connectivity index (χ4v) is 9.30. The zero-order chi connectivity index (χ0) is 38.1. The Morgan fingerprint density at radius 3 is 1.79 bits per heavy atom. The van der Waals surface area contributed by atoms with Crippen LogP contribution < -0.4 is 4.90 Å². The van der Waals surface area contributed by atoms with Crippen LogP contribution in [0.5, 0.6) is 0 Å². The quantitative estimate of drug-likeness (QED) is 0.169. The van der Waals surface area contributed by atoms with E-state index in [1.165, 1.54) is 55.3 Å². The number of anilines is 3. The summed E-state index contributed by atoms with van der Waals surface area (Å²) in [6, 6.07) is 72.6. The van der Waals surface area contributed by atoms with Crippen LogP contribution in [-0.4, -0.2) is 0 Å². The molecule has 9 aromatic carbocycles. The minimum Gasteiger partial charge on any atom is -0.455 e. The van der Waals surface area contributed by atoms with E-state index in [9.17, 15) is 0 Å². The first-order valence-electron chi connectivity index (χ1n) is 19.8. The summed E-state index contributed by atoms with van der Waals surface area (Å²) >= 11 is 0. The third kappa shape index (κ3) is 5.25. The number of fused-ring (bicyclic) bond motifs is 7. The van der Waals surface area contributed by atoms with Crippen LogP contribution in [0.1, 0.15) is 25.0 Å². The minimum absolute atomic E-state index is 0.141. The molecule has 0 amide bonds. The first-order chi connectivity index (χ1) is 28.0. The van der Waals surface area contributed by atoms with Crippen LogP contribution in [-0.2, 0) is 5.41 Å². The summed E-state index contributed by atoms with van der Waals surface area (Å²) in [5.41, 5.74) is 17.3. The maximum atomic E-state index is 6.47. The highest BCUT2D eigenvalue weighted by molar-refractivity contribution is 6.10. The molecule has 0 atom stereocenters. The lowest BCUT2D eigenvalue weighted by Gasteiger charge is -2.30. The molecule has 0 spiro atoms. The van der Waals surface area contributed by atoms with E-state index >= 15 is 0 Å². The lowest BCUT2D eigenvalue weighted by atomic mass is 9.81. The first kappa shape index (κ1) is 33.2. The fourth-order valence-electron chi connectivity index (χ4n) is 9.30. The van der Waals surface area contributed by atoms with Crippen LogP contribution >= 0.6 is 0 Å². The fraction of sp³-hybridized carbons (Fsp3) is 0.0545. The van der Waals surface area contributed by atoms with E-state index in [1.54, 1.807) is 0 Å². The molecule has 1 heterocycles. The molecule has 270 valence electrons. The van der Waals surface area contributed by atoms with Crippen molar-refractivity contribution < 1.29 is 4.42 Å². The molecule has 0 saturated heterocycles. The third-order valence-electron chi connectivity index (χ3n) is 12.1. The van der Waals surface area contributed by atoms with Gasteiger partial charge < -0.3 is 9.32 Å². The van der Waals surface area contributed by atoms with Gasteiger partial charge in [-0.15, -0.1) is 0 Å². The molecule has 2 heteroatoms. The van der Waals surface area contributed by atoms with E-state index in [2.05, 4.69) is 207 Å². The van der Waals surface area contributed by atoms with Crippen LogP contribution in [0.25, 0.3) is 77.2 Å². The van der Waals surface area contributed by atoms with E-state index in [-0.39, 0.29) is 5.41 Å². The van der Waals surface area contributed by atoms with Gasteiger partial charge in [-0.05, 0) is 92.2 Å². The Kier molecular flexibility index (Phi) is 7.55. The highest BCUT2D eigenvalue weighted by Crippen LogP contribution is 2.55. The summed E-state index contributed by atoms with van der Waals surface area (Å²) in [5, 5.41) is 4.81. The number of nitrogens with zero attached hydrogens (tertiary/aromatic N) is 1. The average Bonchev–Trinajstić information content (AvgIpc) is 3.76. The Bertz CT molecular complexity index is 3150. The topological polar surface area (TPSA) is 16.4 Å². The summed E-state index contributed by atoms with van der Waals surface area (Å²) in [4.78, 5) is 2.45. The molecule has 10 aromatic rings. The average molecular weight is 730 g/mol. The molecule has 1 aromatic heterocycles. The van der Waals surface area contributed by atoms with Crippen molar-refractivity contribution in [2.75, 3.05) is 4.90 Å². The molecular formula is C55H39NO. The SMILES string of the molecule is CC1(C)c2cc3ccccc3cc2-c2c(-c3ccccc3N(c3ccc(-c4cccc5c4oc4ccccc45)cc3)c3ccccc3-c3ccccc3)cccc21. The normalized spacial score (nSPS) is 12.9. The molecule has 0 radical (unpaired) electrons. The summed E-state index contributed by atoms with van der Waals surface area (Å²) in [7, 11) is 0. The van der Waals surface area contributed by atoms with Gasteiger partial charge in [-0.2, -0.15) is 0 Å². The van der Waals surface area contributed by atoms with Crippen LogP contribution in [0.2, 0.25) is 0 Å². The van der Waals surface area contributed by atoms with Crippen LogP contribution in [0.15, 0.2) is 205 Å². The van der Waals surface area contributed by atoms with Gasteiger partial charge in [0.2, 0.25) is 0 Å². The maximum absolute atomic E-state index is 6.47. The van der Waals surface area contributed by atoms with Crippen molar-refractivity contribution in [1.82, 2.24) is 0 Å². The summed E-state index contributed by atoms with van der Waals surface area (Å²) in [5.74, 6) is 0. The van der Waals surface area contributed by atoms with Gasteiger partial charge in [0.05, 0.1) is 11.4 Å². The van der Waals surface area contributed by atoms with E-state index in [0.29, 0.717) is 0 Å². The number of para-hydroxylation sites is 4. The smallest absolute Gasteiger partial charge is 0.143 e. The molecule has 0 aliphatic heterocycles. The van der Waals surface area contributed by atoms with Crippen molar-refractivity contribution >= 4 is 49.8 Å². The van der Waals surface area contributed by atoms with Crippen molar-refractivity contribution in [2.45, 2.75) is 19.3 Å². The molecular weight excluding hydrogens is 691 g/mol. The molecule has 2 nitrogen and oxygen atoms in total. The number of benzene rings is 9. The number of hydrogen-bond acceptors (Lipinski definition) is 2. The monoisotopic (exact) mass is 729 g/mol. The highest BCUT2D eigenvalue weighted by atomic mass is 16.3. The van der Waals surface area contributed by atoms with Crippen molar-refractivity contribution in [2.24, 2.45) is 0 Å². The molecule has 11 rings (SSSR count). The lowest BCUT2D eigenvalue weighted by molar-refractivity contribution is 0.661. The highest BCUT2D eigenvalue weighted by Gasteiger charge is 2.37. The first-order valence-corrected chi connectivity index (χ1v) is 19.8. The minimum atomic E-state index is -0.141. The van der Waals surface area contributed by atoms with Crippen molar-refractivity contribution in [3.8, 4) is 44.5 Å². The maximum Gasteiger partial charge on any atom is 0.143 e. The molecule has 0 unspecified atom stereocenters. The van der Waals surface area contributed by atoms with Gasteiger partial charge in [0.1, 0.15) is 11.2 Å². The predicted molar refractivity (Wildman–Crippen MR) is 240 cm³/mol. The van der Waals surface area contributed by atoms with E-state index in [0.717, 1.165) is 50.1 Å². The van der Waals surface area contributed by atoms with Crippen LogP contribution in [0.3, 0.4) is 0 Å². The molecule has 0 saturated carbocycles. The Morgan fingerprint density at radius 2 is 0.982 bits per heavy atom. The van der Waals surface area contributed by atoms with Crippen molar-refractivity contribution in [1.29, 1.82) is 0 Å². The molecule has 0 N–H and O–H groups in total. The Labute approximate surface area is 332 Å². The molecule has 57 heavy (non-hydrogen) atoms. The van der Waals surface area contributed by atoms with E-state index < -0.39 is 0 Å². The zero-order valence-electron chi connectivity index (χ0n) is 31.9. The predicted octanol–water partition coefficient (Wildman–Crippen LogP) is 15.5. The number of furan rings is 1. The Balaban J connectivity index is 1.12. The third-order valence-corrected chi connectivity index (χ3v) is 12.1. The van der Waals surface area contributed by atoms with E-state index in [4.69, 9.17) is 4.42 Å². The molecule has 0 bridgehead atoms. The second kappa shape index (κ2) is 13.0. The Hall–Kier alpha value is -7.16. The van der Waals surface area contributed by atoms with Gasteiger partial charge in [-0.25, -0.2) is 0 Å². The van der Waals surface area contributed by atoms with Gasteiger partial charge in [0.15, 0.2) is 0 Å². The van der Waals surface area contributed by atoms with Gasteiger partial charge in [-0.1, -0.05) is 172 Å². The van der Waals surface area contributed by atoms with Crippen molar-refractivity contribution in [3.05, 3.63) is 211 Å². The lowest BCUT2D eigenvalue weighted by Crippen LogP contribution is -2.15. The van der Waals surface area contributed by atoms with Crippen LogP contribution in [0, 0.1) is 0 Å². The van der Waals surface area contributed by atoms with E-state index in [1.807, 2.05) is 12.1 Å². The van der Waals surface area contributed by atoms with Crippen molar-refractivity contribution in [3.63, 3.8) is 0 Å². The number of rotatable bonds is 6. The van der Waals surface area contributed by atoms with Gasteiger partial charge in [0.25, 0.3) is 0 Å². The molecule has 1 aliphatic rings. The number of hydrogen-bond donors (Lipinski definition) is 0. The van der Waals surface area contributed by atoms with Crippen LogP contribution in [0.4, 0.5) is 17.1 Å². The van der Waals surface area contributed by atoms with Gasteiger partial charge in [0, 0.05) is 38.6 Å². The summed E-state index contributed by atoms with van der Waals surface area (Å²) < 4.78 is 6.47. The largest absolute Gasteiger partial charge is 0.455 e. The molecule has 0 fully saturated rings. The second-order valence-corrected chi connectivity index (χ2v) is 15.7. The summed E-state index contributed by atoms with van der Waals surface area (Å²) in [6.45, 7) is 4.75. The second-order valence-electron chi connectivity index (χ2n) is 15.7.